The van der Waals surface area contributed by atoms with E-state index in [0.29, 0.717) is 6.61 Å². The Labute approximate surface area is 46.9 Å². The quantitative estimate of drug-likeness (QED) is 0.517. The summed E-state index contributed by atoms with van der Waals surface area (Å²) in [6.07, 6.45) is 0.876. The van der Waals surface area contributed by atoms with Gasteiger partial charge in [-0.05, 0) is 0 Å². The van der Waals surface area contributed by atoms with Crippen LogP contribution in [0.2, 0.25) is 12.6 Å². The second kappa shape index (κ2) is 4.40. The van der Waals surface area contributed by atoms with Gasteiger partial charge in [-0.15, -0.1) is 0 Å². The summed E-state index contributed by atoms with van der Waals surface area (Å²) in [5, 5.41) is 8.28. The molecule has 7 heavy (non-hydrogen) atoms. The van der Waals surface area contributed by atoms with Crippen molar-refractivity contribution in [3.8, 4) is 0 Å². The van der Waals surface area contributed by atoms with E-state index in [1.54, 1.807) is 0 Å². The Bertz CT molecular complexity index is 64.7. The van der Waals surface area contributed by atoms with E-state index in [9.17, 15) is 0 Å². The van der Waals surface area contributed by atoms with Crippen molar-refractivity contribution in [1.29, 1.82) is 0 Å². The molecule has 0 aliphatic carbocycles. The molecule has 3 heteroatoms. The second-order valence-corrected chi connectivity index (χ2v) is 3.87. The molecule has 0 heterocycles. The number of aliphatic hydroxyl groups excluding tert-OH is 1. The molecule has 0 spiro atoms. The van der Waals surface area contributed by atoms with Gasteiger partial charge in [0.25, 0.3) is 0 Å². The molecule has 0 aliphatic rings. The van der Waals surface area contributed by atoms with Crippen LogP contribution in [0.3, 0.4) is 0 Å². The van der Waals surface area contributed by atoms with Gasteiger partial charge in [-0.1, -0.05) is 0 Å². The summed E-state index contributed by atoms with van der Waals surface area (Å²) in [6, 6.07) is 1.03. The Kier molecular flexibility index (Phi) is 4.55. The maximum absolute atomic E-state index is 8.28. The zero-order valence-electron chi connectivity index (χ0n) is 4.65. The van der Waals surface area contributed by atoms with E-state index in [-0.39, 0.29) is 0 Å². The van der Waals surface area contributed by atoms with E-state index in [1.165, 1.54) is 0 Å². The van der Waals surface area contributed by atoms with Gasteiger partial charge in [0.2, 0.25) is 0 Å². The predicted molar refractivity (Wildman–Crippen MR) is 33.9 cm³/mol. The van der Waals surface area contributed by atoms with Crippen LogP contribution >= 0.6 is 0 Å². The van der Waals surface area contributed by atoms with Crippen LogP contribution in [0.4, 0.5) is 0 Å². The zero-order valence-corrected chi connectivity index (χ0v) is 5.65. The van der Waals surface area contributed by atoms with Gasteiger partial charge in [-0.3, -0.25) is 0 Å². The van der Waals surface area contributed by atoms with Crippen LogP contribution in [0.5, 0.6) is 0 Å². The molecule has 1 N–H and O–H groups in total. The van der Waals surface area contributed by atoms with E-state index in [2.05, 4.69) is 0 Å². The zero-order chi connectivity index (χ0) is 5.70. The fourth-order valence-corrected chi connectivity index (χ4v) is 1.07. The molecular formula is C4H10BOSi. The topological polar surface area (TPSA) is 20.2 Å². The van der Waals surface area contributed by atoms with Crippen LogP contribution in [0.15, 0.2) is 0 Å². The third-order valence-electron chi connectivity index (χ3n) is 0.729. The molecule has 0 bridgehead atoms. The molecule has 0 rings (SSSR count). The third kappa shape index (κ3) is 6.24. The molecule has 0 amide bonds. The average molecular weight is 113 g/mol. The van der Waals surface area contributed by atoms with Gasteiger partial charge < -0.3 is 0 Å². The molecule has 0 saturated carbocycles. The van der Waals surface area contributed by atoms with Crippen LogP contribution in [0.25, 0.3) is 0 Å². The predicted octanol–water partition coefficient (Wildman–Crippen LogP) is 0.159. The molecule has 0 aromatic carbocycles. The van der Waals surface area contributed by atoms with Crippen molar-refractivity contribution in [2.75, 3.05) is 6.61 Å². The number of rotatable bonds is 3. The number of hydrogen-bond acceptors (Lipinski definition) is 1. The summed E-state index contributed by atoms with van der Waals surface area (Å²) < 4.78 is 0. The van der Waals surface area contributed by atoms with E-state index < -0.39 is 8.27 Å². The minimum atomic E-state index is -0.557. The molecule has 39 valence electrons. The van der Waals surface area contributed by atoms with E-state index >= 15 is 0 Å². The first-order valence-corrected chi connectivity index (χ1v) is 4.74. The van der Waals surface area contributed by atoms with Gasteiger partial charge in [0.15, 0.2) is 0 Å². The first kappa shape index (κ1) is 7.24. The van der Waals surface area contributed by atoms with Gasteiger partial charge in [0.05, 0.1) is 0 Å². The van der Waals surface area contributed by atoms with Crippen molar-refractivity contribution in [2.45, 2.75) is 19.0 Å². The standard InChI is InChI=1S/C4H10BOSi/c1-7(5)4-2-3-6/h6H,2-4H2,1H3. The molecule has 0 saturated heterocycles. The van der Waals surface area contributed by atoms with Crippen molar-refractivity contribution < 1.29 is 5.11 Å². The summed E-state index contributed by atoms with van der Waals surface area (Å²) >= 11 is 0. The van der Waals surface area contributed by atoms with Crippen molar-refractivity contribution in [1.82, 2.24) is 0 Å². The molecule has 0 aromatic rings. The Balaban J connectivity index is 2.82. The molecule has 0 aromatic heterocycles. The monoisotopic (exact) mass is 113 g/mol. The number of aliphatic hydroxyl groups is 1. The van der Waals surface area contributed by atoms with E-state index in [1.807, 2.05) is 6.55 Å². The Morgan fingerprint density at radius 3 is 2.43 bits per heavy atom. The van der Waals surface area contributed by atoms with E-state index in [4.69, 9.17) is 12.2 Å². The molecule has 1 radical (unpaired) electrons. The summed E-state index contributed by atoms with van der Waals surface area (Å²) in [4.78, 5) is 0. The van der Waals surface area contributed by atoms with Gasteiger partial charge in [0, 0.05) is 0 Å². The SMILES string of the molecule is [B]=[Si](C)CCCO. The van der Waals surface area contributed by atoms with Crippen LogP contribution in [0.1, 0.15) is 6.42 Å². The first-order valence-electron chi connectivity index (χ1n) is 2.46. The van der Waals surface area contributed by atoms with Crippen LogP contribution in [0, 0.1) is 0 Å². The summed E-state index contributed by atoms with van der Waals surface area (Å²) in [6.45, 7) is 2.33. The third-order valence-corrected chi connectivity index (χ3v) is 1.87. The fraction of sp³-hybridized carbons (Fsp3) is 1.00. The molecule has 0 aliphatic heterocycles. The van der Waals surface area contributed by atoms with Gasteiger partial charge in [0.1, 0.15) is 0 Å². The fourth-order valence-electron chi connectivity index (χ4n) is 0.358. The maximum atomic E-state index is 8.28. The van der Waals surface area contributed by atoms with Crippen molar-refractivity contribution in [3.05, 3.63) is 0 Å². The minimum absolute atomic E-state index is 0.291. The normalized spacial score (nSPS) is 8.71. The van der Waals surface area contributed by atoms with Gasteiger partial charge >= 0.3 is 46.0 Å². The van der Waals surface area contributed by atoms with Crippen molar-refractivity contribution in [2.24, 2.45) is 0 Å². The van der Waals surface area contributed by atoms with Crippen LogP contribution in [-0.2, 0) is 0 Å². The summed E-state index contributed by atoms with van der Waals surface area (Å²) in [7, 11) is 4.91. The summed E-state index contributed by atoms with van der Waals surface area (Å²) in [5.74, 6) is 0. The first-order chi connectivity index (χ1) is 3.27. The summed E-state index contributed by atoms with van der Waals surface area (Å²) in [5.41, 5.74) is 0. The van der Waals surface area contributed by atoms with Gasteiger partial charge in [-0.25, -0.2) is 0 Å². The molecule has 0 fully saturated rings. The van der Waals surface area contributed by atoms with Crippen molar-refractivity contribution in [3.63, 3.8) is 0 Å². The second-order valence-electron chi connectivity index (χ2n) is 1.67. The van der Waals surface area contributed by atoms with Gasteiger partial charge in [-0.2, -0.15) is 0 Å². The van der Waals surface area contributed by atoms with Crippen LogP contribution in [-0.4, -0.2) is 27.0 Å². The molecule has 0 atom stereocenters. The Morgan fingerprint density at radius 2 is 2.29 bits per heavy atom. The molecule has 0 unspecified atom stereocenters. The number of hydrogen-bond donors (Lipinski definition) is 1. The van der Waals surface area contributed by atoms with E-state index in [0.717, 1.165) is 12.5 Å². The average Bonchev–Trinajstić information content (AvgIpc) is 1.61. The molecular weight excluding hydrogens is 103 g/mol. The van der Waals surface area contributed by atoms with Crippen molar-refractivity contribution >= 4 is 15.3 Å². The molecule has 1 nitrogen and oxygen atoms in total. The Morgan fingerprint density at radius 1 is 1.71 bits per heavy atom. The van der Waals surface area contributed by atoms with Crippen LogP contribution < -0.4 is 0 Å². The Hall–Kier alpha value is 0.242.